The molecule has 0 amide bonds. The Morgan fingerprint density at radius 2 is 2.21 bits per heavy atom. The quantitative estimate of drug-likeness (QED) is 0.773. The van der Waals surface area contributed by atoms with E-state index in [1.54, 1.807) is 17.9 Å². The Bertz CT molecular complexity index is 395. The number of rotatable bonds is 7. The zero-order valence-electron chi connectivity index (χ0n) is 10.8. The summed E-state index contributed by atoms with van der Waals surface area (Å²) in [6.07, 6.45) is -2.16. The average Bonchev–Trinajstić information content (AvgIpc) is 2.70. The summed E-state index contributed by atoms with van der Waals surface area (Å²) in [5, 5.41) is 7.25. The van der Waals surface area contributed by atoms with Gasteiger partial charge in [0.05, 0.1) is 22.4 Å². The monoisotopic (exact) mass is 343 g/mol. The van der Waals surface area contributed by atoms with E-state index < -0.39 is 12.8 Å². The molecule has 1 N–H and O–H groups in total. The van der Waals surface area contributed by atoms with E-state index >= 15 is 0 Å². The molecule has 0 aliphatic carbocycles. The third-order valence-electron chi connectivity index (χ3n) is 2.63. The lowest BCUT2D eigenvalue weighted by atomic mass is 10.1. The molecular formula is C11H17BrF3N3O. The molecule has 1 aromatic heterocycles. The Hall–Kier alpha value is -0.600. The van der Waals surface area contributed by atoms with Gasteiger partial charge in [0.2, 0.25) is 0 Å². The van der Waals surface area contributed by atoms with E-state index in [1.807, 2.05) is 6.92 Å². The second-order valence-electron chi connectivity index (χ2n) is 3.99. The van der Waals surface area contributed by atoms with Crippen molar-refractivity contribution in [2.24, 2.45) is 0 Å². The smallest absolute Gasteiger partial charge is 0.372 e. The van der Waals surface area contributed by atoms with Gasteiger partial charge in [-0.25, -0.2) is 0 Å². The highest BCUT2D eigenvalue weighted by molar-refractivity contribution is 9.10. The molecule has 1 unspecified atom stereocenters. The van der Waals surface area contributed by atoms with E-state index in [4.69, 9.17) is 0 Å². The van der Waals surface area contributed by atoms with E-state index in [9.17, 15) is 13.2 Å². The number of hydrogen-bond acceptors (Lipinski definition) is 3. The first-order chi connectivity index (χ1) is 8.89. The van der Waals surface area contributed by atoms with E-state index in [2.05, 4.69) is 31.1 Å². The van der Waals surface area contributed by atoms with E-state index in [1.165, 1.54) is 0 Å². The number of aromatic nitrogens is 2. The van der Waals surface area contributed by atoms with Crippen molar-refractivity contribution in [1.82, 2.24) is 15.1 Å². The van der Waals surface area contributed by atoms with Crippen LogP contribution in [0.5, 0.6) is 0 Å². The molecule has 0 aliphatic rings. The summed E-state index contributed by atoms with van der Waals surface area (Å²) in [6.45, 7) is 1.47. The minimum absolute atomic E-state index is 0.0341. The maximum absolute atomic E-state index is 12.0. The minimum atomic E-state index is -4.28. The fourth-order valence-corrected chi connectivity index (χ4v) is 2.35. The number of alkyl halides is 3. The lowest BCUT2D eigenvalue weighted by Crippen LogP contribution is -2.24. The molecular weight excluding hydrogens is 327 g/mol. The van der Waals surface area contributed by atoms with Crippen LogP contribution < -0.4 is 5.32 Å². The first-order valence-electron chi connectivity index (χ1n) is 5.92. The summed E-state index contributed by atoms with van der Waals surface area (Å²) in [7, 11) is 1.76. The molecule has 0 bridgehead atoms. The molecule has 110 valence electrons. The Labute approximate surface area is 118 Å². The van der Waals surface area contributed by atoms with Crippen LogP contribution in [0.15, 0.2) is 10.7 Å². The highest BCUT2D eigenvalue weighted by Crippen LogP contribution is 2.25. The van der Waals surface area contributed by atoms with Crippen molar-refractivity contribution in [2.45, 2.75) is 32.1 Å². The van der Waals surface area contributed by atoms with Gasteiger partial charge in [-0.3, -0.25) is 4.68 Å². The van der Waals surface area contributed by atoms with Gasteiger partial charge in [-0.2, -0.15) is 18.3 Å². The first kappa shape index (κ1) is 16.5. The molecule has 0 saturated heterocycles. The molecule has 1 rings (SSSR count). The standard InChI is InChI=1S/C11H17BrF3N3O/c1-3-18-10(8(12)6-17-18)9(16-2)4-5-19-7-11(13,14)15/h6,9,16H,3-5,7H2,1-2H3. The van der Waals surface area contributed by atoms with Crippen molar-refractivity contribution in [3.63, 3.8) is 0 Å². The number of halogens is 4. The maximum atomic E-state index is 12.0. The number of ether oxygens (including phenoxy) is 1. The third kappa shape index (κ3) is 5.12. The number of nitrogens with one attached hydrogen (secondary N) is 1. The topological polar surface area (TPSA) is 39.1 Å². The van der Waals surface area contributed by atoms with E-state index in [0.29, 0.717) is 13.0 Å². The fraction of sp³-hybridized carbons (Fsp3) is 0.727. The molecule has 0 fully saturated rings. The highest BCUT2D eigenvalue weighted by atomic mass is 79.9. The minimum Gasteiger partial charge on any atom is -0.372 e. The van der Waals surface area contributed by atoms with Crippen molar-refractivity contribution in [2.75, 3.05) is 20.3 Å². The lowest BCUT2D eigenvalue weighted by molar-refractivity contribution is -0.174. The van der Waals surface area contributed by atoms with Crippen LogP contribution >= 0.6 is 15.9 Å². The Kier molecular flexibility index (Phi) is 6.28. The second-order valence-corrected chi connectivity index (χ2v) is 4.85. The highest BCUT2D eigenvalue weighted by Gasteiger charge is 2.27. The van der Waals surface area contributed by atoms with Crippen molar-refractivity contribution in [3.05, 3.63) is 16.4 Å². The molecule has 8 heteroatoms. The van der Waals surface area contributed by atoms with Crippen LogP contribution in [0.3, 0.4) is 0 Å². The number of hydrogen-bond donors (Lipinski definition) is 1. The molecule has 1 aromatic rings. The fourth-order valence-electron chi connectivity index (χ4n) is 1.78. The zero-order chi connectivity index (χ0) is 14.5. The molecule has 1 atom stereocenters. The molecule has 0 radical (unpaired) electrons. The summed E-state index contributed by atoms with van der Waals surface area (Å²) in [5.41, 5.74) is 0.917. The molecule has 0 saturated carbocycles. The lowest BCUT2D eigenvalue weighted by Gasteiger charge is -2.18. The maximum Gasteiger partial charge on any atom is 0.411 e. The molecule has 4 nitrogen and oxygen atoms in total. The van der Waals surface area contributed by atoms with Crippen LogP contribution in [0, 0.1) is 0 Å². The van der Waals surface area contributed by atoms with Crippen LogP contribution in [0.2, 0.25) is 0 Å². The van der Waals surface area contributed by atoms with E-state index in [0.717, 1.165) is 10.2 Å². The van der Waals surface area contributed by atoms with Crippen LogP contribution in [0.25, 0.3) is 0 Å². The number of aryl methyl sites for hydroxylation is 1. The molecule has 19 heavy (non-hydrogen) atoms. The van der Waals surface area contributed by atoms with E-state index in [-0.39, 0.29) is 12.6 Å². The van der Waals surface area contributed by atoms with Gasteiger partial charge in [0.15, 0.2) is 0 Å². The summed E-state index contributed by atoms with van der Waals surface area (Å²) in [4.78, 5) is 0. The van der Waals surface area contributed by atoms with Gasteiger partial charge in [-0.15, -0.1) is 0 Å². The largest absolute Gasteiger partial charge is 0.411 e. The normalized spacial score (nSPS) is 13.8. The van der Waals surface area contributed by atoms with Crippen molar-refractivity contribution >= 4 is 15.9 Å². The van der Waals surface area contributed by atoms with Crippen LogP contribution in [0.1, 0.15) is 25.1 Å². The van der Waals surface area contributed by atoms with Gasteiger partial charge in [-0.1, -0.05) is 0 Å². The van der Waals surface area contributed by atoms with Crippen molar-refractivity contribution in [3.8, 4) is 0 Å². The summed E-state index contributed by atoms with van der Waals surface area (Å²) >= 11 is 3.40. The summed E-state index contributed by atoms with van der Waals surface area (Å²) < 4.78 is 43.1. The Balaban J connectivity index is 2.56. The van der Waals surface area contributed by atoms with Crippen molar-refractivity contribution < 1.29 is 17.9 Å². The Morgan fingerprint density at radius 1 is 1.53 bits per heavy atom. The summed E-state index contributed by atoms with van der Waals surface area (Å²) in [5.74, 6) is 0. The van der Waals surface area contributed by atoms with Crippen LogP contribution in [-0.2, 0) is 11.3 Å². The second kappa shape index (κ2) is 7.25. The Morgan fingerprint density at radius 3 is 2.74 bits per heavy atom. The molecule has 1 heterocycles. The molecule has 0 aliphatic heterocycles. The average molecular weight is 344 g/mol. The van der Waals surface area contributed by atoms with Gasteiger partial charge in [-0.05, 0) is 36.3 Å². The van der Waals surface area contributed by atoms with Crippen molar-refractivity contribution in [1.29, 1.82) is 0 Å². The van der Waals surface area contributed by atoms with Crippen LogP contribution in [0.4, 0.5) is 13.2 Å². The van der Waals surface area contributed by atoms with Gasteiger partial charge < -0.3 is 10.1 Å². The predicted octanol–water partition coefficient (Wildman–Crippen LogP) is 2.90. The first-order valence-corrected chi connectivity index (χ1v) is 6.71. The van der Waals surface area contributed by atoms with Gasteiger partial charge in [0.25, 0.3) is 0 Å². The van der Waals surface area contributed by atoms with Gasteiger partial charge in [0, 0.05) is 13.2 Å². The summed E-state index contributed by atoms with van der Waals surface area (Å²) in [6, 6.07) is -0.106. The molecule has 0 aromatic carbocycles. The van der Waals surface area contributed by atoms with Crippen LogP contribution in [-0.4, -0.2) is 36.2 Å². The van der Waals surface area contributed by atoms with Gasteiger partial charge in [0.1, 0.15) is 6.61 Å². The number of nitrogens with zero attached hydrogens (tertiary/aromatic N) is 2. The zero-order valence-corrected chi connectivity index (χ0v) is 12.4. The third-order valence-corrected chi connectivity index (χ3v) is 3.24. The van der Waals surface area contributed by atoms with Gasteiger partial charge >= 0.3 is 6.18 Å². The molecule has 0 spiro atoms. The predicted molar refractivity (Wildman–Crippen MR) is 68.9 cm³/mol. The SMILES string of the molecule is CCn1ncc(Br)c1C(CCOCC(F)(F)F)NC.